The first-order chi connectivity index (χ1) is 14.9. The number of likely N-dealkylation sites (tertiary alicyclic amines) is 1. The van der Waals surface area contributed by atoms with Crippen molar-refractivity contribution in [3.8, 4) is 5.75 Å². The van der Waals surface area contributed by atoms with E-state index < -0.39 is 0 Å². The van der Waals surface area contributed by atoms with Crippen LogP contribution in [0.1, 0.15) is 51.2 Å². The fraction of sp³-hybridized carbons (Fsp3) is 0.583. The Bertz CT molecular complexity index is 885. The molecule has 2 N–H and O–H groups in total. The predicted molar refractivity (Wildman–Crippen MR) is 124 cm³/mol. The molecule has 4 rings (SSSR count). The molecule has 1 atom stereocenters. The molecular weight excluding hydrogens is 392 g/mol. The van der Waals surface area contributed by atoms with Crippen LogP contribution >= 0.6 is 0 Å². The molecule has 7 nitrogen and oxygen atoms in total. The number of allylic oxidation sites excluding steroid dienone is 1. The van der Waals surface area contributed by atoms with Gasteiger partial charge in [0, 0.05) is 54.3 Å². The first-order valence-electron chi connectivity index (χ1n) is 11.3. The third kappa shape index (κ3) is 4.42. The number of aliphatic imine (C=N–C) groups is 1. The molecule has 0 spiro atoms. The summed E-state index contributed by atoms with van der Waals surface area (Å²) in [6.45, 7) is 8.25. The average Bonchev–Trinajstić information content (AvgIpc) is 3.54. The maximum Gasteiger partial charge on any atom is 0.414 e. The number of nitrogens with zero attached hydrogens (tertiary/aromatic N) is 3. The summed E-state index contributed by atoms with van der Waals surface area (Å²) in [7, 11) is 1.42. The van der Waals surface area contributed by atoms with Crippen molar-refractivity contribution in [2.24, 2.45) is 10.7 Å². The first kappa shape index (κ1) is 21.7. The summed E-state index contributed by atoms with van der Waals surface area (Å²) in [5.74, 6) is 0.825. The van der Waals surface area contributed by atoms with Gasteiger partial charge in [0.2, 0.25) is 0 Å². The van der Waals surface area contributed by atoms with Crippen LogP contribution in [0.3, 0.4) is 0 Å². The number of benzene rings is 1. The molecule has 1 amide bonds. The second-order valence-corrected chi connectivity index (χ2v) is 9.09. The van der Waals surface area contributed by atoms with E-state index in [9.17, 15) is 4.79 Å². The Morgan fingerprint density at radius 1 is 1.26 bits per heavy atom. The minimum Gasteiger partial charge on any atom is -0.487 e. The summed E-state index contributed by atoms with van der Waals surface area (Å²) in [5.41, 5.74) is 9.71. The van der Waals surface area contributed by atoms with Crippen LogP contribution in [0.25, 0.3) is 5.57 Å². The van der Waals surface area contributed by atoms with E-state index in [1.807, 2.05) is 25.3 Å². The lowest BCUT2D eigenvalue weighted by molar-refractivity contribution is -0.000505. The third-order valence-corrected chi connectivity index (χ3v) is 6.47. The molecule has 2 fully saturated rings. The number of amides is 1. The molecule has 1 aliphatic carbocycles. The van der Waals surface area contributed by atoms with Crippen molar-refractivity contribution in [2.45, 2.75) is 70.7 Å². The monoisotopic (exact) mass is 426 g/mol. The first-order valence-corrected chi connectivity index (χ1v) is 11.3. The van der Waals surface area contributed by atoms with Crippen molar-refractivity contribution in [2.75, 3.05) is 25.1 Å². The van der Waals surface area contributed by atoms with Crippen LogP contribution < -0.4 is 15.4 Å². The lowest BCUT2D eigenvalue weighted by Gasteiger charge is -2.43. The highest BCUT2D eigenvalue weighted by Crippen LogP contribution is 2.42. The van der Waals surface area contributed by atoms with E-state index in [0.29, 0.717) is 12.1 Å². The maximum absolute atomic E-state index is 12.5. The molecule has 2 aliphatic heterocycles. The Morgan fingerprint density at radius 2 is 2.00 bits per heavy atom. The molecule has 0 unspecified atom stereocenters. The Balaban J connectivity index is 1.72. The molecule has 2 heterocycles. The number of carbonyl (C=O) groups is 1. The molecule has 3 aliphatic rings. The number of anilines is 1. The zero-order chi connectivity index (χ0) is 22.1. The van der Waals surface area contributed by atoms with Gasteiger partial charge in [-0.1, -0.05) is 0 Å². The van der Waals surface area contributed by atoms with Crippen LogP contribution in [0.4, 0.5) is 10.5 Å². The number of rotatable bonds is 6. The summed E-state index contributed by atoms with van der Waals surface area (Å²) in [6.07, 6.45) is 7.22. The molecule has 7 heteroatoms. The molecule has 0 bridgehead atoms. The van der Waals surface area contributed by atoms with Gasteiger partial charge in [-0.25, -0.2) is 4.79 Å². The van der Waals surface area contributed by atoms with Crippen LogP contribution in [0.15, 0.2) is 23.3 Å². The van der Waals surface area contributed by atoms with E-state index in [2.05, 4.69) is 23.7 Å². The molecule has 1 aromatic rings. The van der Waals surface area contributed by atoms with E-state index >= 15 is 0 Å². The highest BCUT2D eigenvalue weighted by Gasteiger charge is 2.35. The van der Waals surface area contributed by atoms with Crippen molar-refractivity contribution in [1.82, 2.24) is 4.90 Å². The van der Waals surface area contributed by atoms with Crippen LogP contribution in [-0.2, 0) is 11.2 Å². The highest BCUT2D eigenvalue weighted by molar-refractivity contribution is 6.11. The molecular formula is C24H34N4O3. The zero-order valence-corrected chi connectivity index (χ0v) is 19.0. The predicted octanol–water partition coefficient (Wildman–Crippen LogP) is 3.60. The molecule has 31 heavy (non-hydrogen) atoms. The number of methoxy groups -OCH3 is 1. The summed E-state index contributed by atoms with van der Waals surface area (Å²) < 4.78 is 11.7. The second kappa shape index (κ2) is 8.91. The van der Waals surface area contributed by atoms with Crippen molar-refractivity contribution in [3.05, 3.63) is 29.5 Å². The number of ether oxygens (including phenoxy) is 2. The van der Waals surface area contributed by atoms with Gasteiger partial charge in [-0.15, -0.1) is 0 Å². The van der Waals surface area contributed by atoms with Gasteiger partial charge in [-0.05, 0) is 58.6 Å². The Kier molecular flexibility index (Phi) is 6.23. The molecule has 168 valence electrons. The van der Waals surface area contributed by atoms with Crippen molar-refractivity contribution in [1.29, 1.82) is 0 Å². The standard InChI is InChI=1S/C24H34N4O3/c1-15(2)27-13-19(14-27)31-23-20(17(11-25)12-26-18-6-7-18)9-10-22-21(23)8-5-16(3)28(22)24(29)30-4/h9-12,15-16,18-19H,5-8,13-14,25H2,1-4H3/t16-/m0/s1. The molecule has 1 aromatic carbocycles. The van der Waals surface area contributed by atoms with Crippen molar-refractivity contribution < 1.29 is 14.3 Å². The smallest absolute Gasteiger partial charge is 0.414 e. The lowest BCUT2D eigenvalue weighted by atomic mass is 9.92. The third-order valence-electron chi connectivity index (χ3n) is 6.47. The SMILES string of the molecule is COC(=O)N1c2ccc(C(C=NC3CC3)=CN)c(OC3CN(C(C)C)C3)c2CC[C@@H]1C. The fourth-order valence-corrected chi connectivity index (χ4v) is 4.29. The van der Waals surface area contributed by atoms with Crippen LogP contribution in [-0.4, -0.2) is 61.6 Å². The van der Waals surface area contributed by atoms with E-state index in [1.165, 1.54) is 7.11 Å². The topological polar surface area (TPSA) is 80.4 Å². The molecule has 0 aromatic heterocycles. The minimum atomic E-state index is -0.341. The van der Waals surface area contributed by atoms with Crippen molar-refractivity contribution >= 4 is 23.6 Å². The van der Waals surface area contributed by atoms with Gasteiger partial charge in [0.15, 0.2) is 0 Å². The van der Waals surface area contributed by atoms with Gasteiger partial charge in [0.1, 0.15) is 11.9 Å². The normalized spacial score (nSPS) is 22.5. The quantitative estimate of drug-likeness (QED) is 0.703. The fourth-order valence-electron chi connectivity index (χ4n) is 4.29. The number of carbonyl (C=O) groups excluding carboxylic acids is 1. The summed E-state index contributed by atoms with van der Waals surface area (Å²) in [4.78, 5) is 21.3. The average molecular weight is 427 g/mol. The van der Waals surface area contributed by atoms with Gasteiger partial charge in [0.25, 0.3) is 0 Å². The highest BCUT2D eigenvalue weighted by atomic mass is 16.5. The second-order valence-electron chi connectivity index (χ2n) is 9.09. The van der Waals surface area contributed by atoms with E-state index in [-0.39, 0.29) is 18.2 Å². The Hall–Kier alpha value is -2.54. The van der Waals surface area contributed by atoms with Gasteiger partial charge < -0.3 is 15.2 Å². The Morgan fingerprint density at radius 3 is 2.61 bits per heavy atom. The van der Waals surface area contributed by atoms with Crippen LogP contribution in [0, 0.1) is 0 Å². The Labute approximate surface area is 184 Å². The van der Waals surface area contributed by atoms with Gasteiger partial charge in [-0.3, -0.25) is 14.8 Å². The zero-order valence-electron chi connectivity index (χ0n) is 19.0. The van der Waals surface area contributed by atoms with Gasteiger partial charge >= 0.3 is 6.09 Å². The summed E-state index contributed by atoms with van der Waals surface area (Å²) in [5, 5.41) is 0. The summed E-state index contributed by atoms with van der Waals surface area (Å²) in [6, 6.07) is 4.97. The van der Waals surface area contributed by atoms with Gasteiger partial charge in [0.05, 0.1) is 18.8 Å². The van der Waals surface area contributed by atoms with Crippen LogP contribution in [0.2, 0.25) is 0 Å². The number of nitrogens with two attached hydrogens (primary N) is 1. The van der Waals surface area contributed by atoms with Crippen molar-refractivity contribution in [3.63, 3.8) is 0 Å². The van der Waals surface area contributed by atoms with Gasteiger partial charge in [-0.2, -0.15) is 0 Å². The molecule has 1 saturated heterocycles. The number of fused-ring (bicyclic) bond motifs is 1. The van der Waals surface area contributed by atoms with E-state index in [0.717, 1.165) is 66.9 Å². The number of hydrogen-bond donors (Lipinski definition) is 1. The minimum absolute atomic E-state index is 0.0692. The van der Waals surface area contributed by atoms with E-state index in [1.54, 1.807) is 11.1 Å². The summed E-state index contributed by atoms with van der Waals surface area (Å²) >= 11 is 0. The lowest BCUT2D eigenvalue weighted by Crippen LogP contribution is -2.56. The van der Waals surface area contributed by atoms with Crippen LogP contribution in [0.5, 0.6) is 5.75 Å². The molecule has 0 radical (unpaired) electrons. The largest absolute Gasteiger partial charge is 0.487 e. The number of hydrogen-bond acceptors (Lipinski definition) is 6. The molecule has 1 saturated carbocycles. The maximum atomic E-state index is 12.5. The van der Waals surface area contributed by atoms with E-state index in [4.69, 9.17) is 15.2 Å².